The van der Waals surface area contributed by atoms with E-state index in [0.717, 1.165) is 33.4 Å². The van der Waals surface area contributed by atoms with Gasteiger partial charge < -0.3 is 4.74 Å². The van der Waals surface area contributed by atoms with E-state index in [1.54, 1.807) is 24.3 Å². The van der Waals surface area contributed by atoms with Gasteiger partial charge in [-0.1, -0.05) is 59.7 Å². The van der Waals surface area contributed by atoms with Crippen LogP contribution in [0.15, 0.2) is 97.1 Å². The molecule has 0 heterocycles. The van der Waals surface area contributed by atoms with E-state index in [-0.39, 0.29) is 11.4 Å². The molecule has 2 unspecified atom stereocenters. The summed E-state index contributed by atoms with van der Waals surface area (Å²) in [5.41, 5.74) is 5.45. The summed E-state index contributed by atoms with van der Waals surface area (Å²) in [6.45, 7) is 3.98. The van der Waals surface area contributed by atoms with Gasteiger partial charge in [-0.3, -0.25) is 20.2 Å². The fraction of sp³-hybridized carbons (Fsp3) is 0.143. The Balaban J connectivity index is 1.81. The number of nitro groups is 2. The number of aryl methyl sites for hydroxylation is 2. The van der Waals surface area contributed by atoms with Crippen molar-refractivity contribution in [2.75, 3.05) is 0 Å². The predicted octanol–water partition coefficient (Wildman–Crippen LogP) is 7.02. The van der Waals surface area contributed by atoms with E-state index < -0.39 is 22.1 Å². The second-order valence-corrected chi connectivity index (χ2v) is 8.42. The first kappa shape index (κ1) is 23.8. The van der Waals surface area contributed by atoms with Crippen LogP contribution in [0.2, 0.25) is 0 Å². The lowest BCUT2D eigenvalue weighted by atomic mass is 9.96. The molecule has 4 aromatic rings. The van der Waals surface area contributed by atoms with E-state index in [2.05, 4.69) is 0 Å². The van der Waals surface area contributed by atoms with Crippen LogP contribution in [0.5, 0.6) is 0 Å². The van der Waals surface area contributed by atoms with Gasteiger partial charge in [0.1, 0.15) is 12.2 Å². The third kappa shape index (κ3) is 5.59. The molecule has 7 nitrogen and oxygen atoms in total. The molecule has 2 atom stereocenters. The summed E-state index contributed by atoms with van der Waals surface area (Å²) in [4.78, 5) is 21.5. The first-order valence-corrected chi connectivity index (χ1v) is 11.1. The third-order valence-corrected chi connectivity index (χ3v) is 5.78. The summed E-state index contributed by atoms with van der Waals surface area (Å²) in [7, 11) is 0. The summed E-state index contributed by atoms with van der Waals surface area (Å²) in [6, 6.07) is 28.5. The molecular weight excluding hydrogens is 444 g/mol. The Kier molecular flexibility index (Phi) is 6.98. The van der Waals surface area contributed by atoms with Gasteiger partial charge in [-0.05, 0) is 60.4 Å². The summed E-state index contributed by atoms with van der Waals surface area (Å²) >= 11 is 0. The van der Waals surface area contributed by atoms with Crippen LogP contribution >= 0.6 is 0 Å². The second-order valence-electron chi connectivity index (χ2n) is 8.42. The fourth-order valence-corrected chi connectivity index (χ4v) is 4.04. The van der Waals surface area contributed by atoms with Crippen LogP contribution in [-0.4, -0.2) is 9.85 Å². The molecule has 0 bridgehead atoms. The van der Waals surface area contributed by atoms with Gasteiger partial charge in [0.15, 0.2) is 0 Å². The van der Waals surface area contributed by atoms with Crippen LogP contribution in [0.1, 0.15) is 45.6 Å². The zero-order valence-electron chi connectivity index (χ0n) is 19.3. The van der Waals surface area contributed by atoms with E-state index >= 15 is 0 Å². The molecule has 0 saturated carbocycles. The number of rotatable bonds is 8. The number of nitrogens with zero attached hydrogens (tertiary/aromatic N) is 2. The van der Waals surface area contributed by atoms with Crippen LogP contribution < -0.4 is 0 Å². The number of hydrogen-bond acceptors (Lipinski definition) is 5. The minimum absolute atomic E-state index is 0.00217. The lowest BCUT2D eigenvalue weighted by Crippen LogP contribution is -2.14. The standard InChI is InChI=1S/C28H24N2O5/c1-19-5-3-7-23(17-19)27(21-9-13-25(14-10-21)29(31)32)35-28(24-8-4-6-20(2)18-24)22-11-15-26(16-12-22)30(33)34/h3-18,27-28H,1-2H3. The van der Waals surface area contributed by atoms with Crippen molar-refractivity contribution in [3.63, 3.8) is 0 Å². The van der Waals surface area contributed by atoms with E-state index in [4.69, 9.17) is 4.74 Å². The van der Waals surface area contributed by atoms with Gasteiger partial charge in [0.05, 0.1) is 9.85 Å². The van der Waals surface area contributed by atoms with Crippen molar-refractivity contribution in [3.05, 3.63) is 151 Å². The Morgan fingerprint density at radius 2 is 0.943 bits per heavy atom. The smallest absolute Gasteiger partial charge is 0.269 e. The maximum atomic E-state index is 11.2. The van der Waals surface area contributed by atoms with Gasteiger partial charge in [0.25, 0.3) is 11.4 Å². The summed E-state index contributed by atoms with van der Waals surface area (Å²) in [5.74, 6) is 0. The molecule has 4 rings (SSSR count). The predicted molar refractivity (Wildman–Crippen MR) is 133 cm³/mol. The molecule has 7 heteroatoms. The average molecular weight is 469 g/mol. The van der Waals surface area contributed by atoms with Crippen molar-refractivity contribution in [3.8, 4) is 0 Å². The Bertz CT molecular complexity index is 1250. The van der Waals surface area contributed by atoms with Gasteiger partial charge in [0.2, 0.25) is 0 Å². The zero-order valence-corrected chi connectivity index (χ0v) is 19.3. The highest BCUT2D eigenvalue weighted by Gasteiger charge is 2.25. The number of hydrogen-bond donors (Lipinski definition) is 0. The summed E-state index contributed by atoms with van der Waals surface area (Å²) in [5, 5.41) is 22.4. The average Bonchev–Trinajstić information content (AvgIpc) is 2.85. The van der Waals surface area contributed by atoms with Gasteiger partial charge >= 0.3 is 0 Å². The topological polar surface area (TPSA) is 95.5 Å². The fourth-order valence-electron chi connectivity index (χ4n) is 4.04. The van der Waals surface area contributed by atoms with E-state index in [1.807, 2.05) is 62.4 Å². The number of benzene rings is 4. The van der Waals surface area contributed by atoms with Crippen molar-refractivity contribution >= 4 is 11.4 Å². The first-order valence-electron chi connectivity index (χ1n) is 11.1. The molecule has 0 aliphatic rings. The Morgan fingerprint density at radius 3 is 1.26 bits per heavy atom. The Hall–Kier alpha value is -4.36. The Labute approximate surface area is 202 Å². The summed E-state index contributed by atoms with van der Waals surface area (Å²) in [6.07, 6.45) is -1.06. The molecule has 35 heavy (non-hydrogen) atoms. The Morgan fingerprint density at radius 1 is 0.571 bits per heavy atom. The molecular formula is C28H24N2O5. The van der Waals surface area contributed by atoms with Crippen molar-refractivity contribution in [2.24, 2.45) is 0 Å². The highest BCUT2D eigenvalue weighted by atomic mass is 16.6. The van der Waals surface area contributed by atoms with Gasteiger partial charge in [0, 0.05) is 24.3 Å². The zero-order chi connectivity index (χ0) is 24.9. The molecule has 176 valence electrons. The highest BCUT2D eigenvalue weighted by molar-refractivity contribution is 5.41. The number of non-ortho nitro benzene ring substituents is 2. The largest absolute Gasteiger partial charge is 0.356 e. The monoisotopic (exact) mass is 468 g/mol. The summed E-state index contributed by atoms with van der Waals surface area (Å²) < 4.78 is 6.77. The molecule has 0 N–H and O–H groups in total. The highest BCUT2D eigenvalue weighted by Crippen LogP contribution is 2.37. The van der Waals surface area contributed by atoms with Crippen LogP contribution in [0.4, 0.5) is 11.4 Å². The van der Waals surface area contributed by atoms with Gasteiger partial charge in [-0.25, -0.2) is 0 Å². The van der Waals surface area contributed by atoms with Crippen LogP contribution in [0, 0.1) is 34.1 Å². The molecule has 0 aliphatic carbocycles. The van der Waals surface area contributed by atoms with Crippen molar-refractivity contribution in [2.45, 2.75) is 26.1 Å². The second kappa shape index (κ2) is 10.3. The van der Waals surface area contributed by atoms with Crippen molar-refractivity contribution in [1.29, 1.82) is 0 Å². The van der Waals surface area contributed by atoms with E-state index in [0.29, 0.717) is 0 Å². The molecule has 0 aromatic heterocycles. The number of nitro benzene ring substituents is 2. The van der Waals surface area contributed by atoms with Gasteiger partial charge in [-0.15, -0.1) is 0 Å². The minimum Gasteiger partial charge on any atom is -0.356 e. The molecule has 0 fully saturated rings. The van der Waals surface area contributed by atoms with Crippen LogP contribution in [0.25, 0.3) is 0 Å². The SMILES string of the molecule is Cc1cccc(C(OC(c2ccc([N+](=O)[O-])cc2)c2cccc(C)c2)c2ccc([N+](=O)[O-])cc2)c1. The van der Waals surface area contributed by atoms with Crippen LogP contribution in [-0.2, 0) is 4.74 Å². The maximum absolute atomic E-state index is 11.2. The quantitative estimate of drug-likeness (QED) is 0.205. The molecule has 4 aromatic carbocycles. The van der Waals surface area contributed by atoms with E-state index in [9.17, 15) is 20.2 Å². The third-order valence-electron chi connectivity index (χ3n) is 5.78. The molecule has 0 spiro atoms. The maximum Gasteiger partial charge on any atom is 0.269 e. The van der Waals surface area contributed by atoms with Crippen molar-refractivity contribution < 1.29 is 14.6 Å². The van der Waals surface area contributed by atoms with E-state index in [1.165, 1.54) is 24.3 Å². The molecule has 0 amide bonds. The first-order chi connectivity index (χ1) is 16.8. The lowest BCUT2D eigenvalue weighted by Gasteiger charge is -2.27. The molecule has 0 saturated heterocycles. The van der Waals surface area contributed by atoms with Crippen LogP contribution in [0.3, 0.4) is 0 Å². The minimum atomic E-state index is -0.531. The van der Waals surface area contributed by atoms with Crippen molar-refractivity contribution in [1.82, 2.24) is 0 Å². The molecule has 0 radical (unpaired) electrons. The number of ether oxygens (including phenoxy) is 1. The molecule has 0 aliphatic heterocycles. The normalized spacial score (nSPS) is 12.6. The van der Waals surface area contributed by atoms with Gasteiger partial charge in [-0.2, -0.15) is 0 Å². The lowest BCUT2D eigenvalue weighted by molar-refractivity contribution is -0.385.